The first-order chi connectivity index (χ1) is 11.5. The van der Waals surface area contributed by atoms with Crippen LogP contribution in [-0.2, 0) is 7.05 Å². The Kier molecular flexibility index (Phi) is 4.11. The van der Waals surface area contributed by atoms with Gasteiger partial charge in [-0.25, -0.2) is 4.39 Å². The van der Waals surface area contributed by atoms with Gasteiger partial charge in [-0.1, -0.05) is 26.0 Å². The van der Waals surface area contributed by atoms with E-state index in [-0.39, 0.29) is 28.9 Å². The van der Waals surface area contributed by atoms with Crippen LogP contribution < -0.4 is 5.32 Å². The molecule has 1 aromatic carbocycles. The first-order valence-corrected chi connectivity index (χ1v) is 7.48. The first-order valence-electron chi connectivity index (χ1n) is 7.48. The number of carbonyl (C=O) groups is 1. The summed E-state index contributed by atoms with van der Waals surface area (Å²) >= 11 is 0. The third-order valence-electron chi connectivity index (χ3n) is 3.58. The fourth-order valence-electron chi connectivity index (χ4n) is 2.39. The van der Waals surface area contributed by atoms with Gasteiger partial charge in [0.25, 0.3) is 5.91 Å². The third-order valence-corrected chi connectivity index (χ3v) is 3.58. The van der Waals surface area contributed by atoms with Gasteiger partial charge in [0.2, 0.25) is 5.95 Å². The summed E-state index contributed by atoms with van der Waals surface area (Å²) < 4.78 is 15.4. The molecular weight excluding hydrogens is 311 g/mol. The molecule has 0 saturated heterocycles. The maximum Gasteiger partial charge on any atom is 0.278 e. The van der Waals surface area contributed by atoms with Gasteiger partial charge in [0.05, 0.1) is 5.56 Å². The first kappa shape index (κ1) is 15.9. The second-order valence-electron chi connectivity index (χ2n) is 5.67. The number of halogens is 1. The van der Waals surface area contributed by atoms with Crippen molar-refractivity contribution in [3.63, 3.8) is 0 Å². The Hall–Kier alpha value is -3.03. The van der Waals surface area contributed by atoms with Crippen molar-refractivity contribution in [3.05, 3.63) is 47.5 Å². The standard InChI is InChI=1S/C16H17FN6O/c1-9(2)13-8-12(22-23(13)3)15(24)19-16-18-14(20-21-16)10-6-4-5-7-11(10)17/h4-9H,1-3H3,(H2,18,19,20,21,24). The largest absolute Gasteiger partial charge is 0.288 e. The summed E-state index contributed by atoms with van der Waals surface area (Å²) in [4.78, 5) is 16.4. The molecule has 1 amide bonds. The Morgan fingerprint density at radius 1 is 1.33 bits per heavy atom. The van der Waals surface area contributed by atoms with E-state index in [1.807, 2.05) is 13.8 Å². The highest BCUT2D eigenvalue weighted by Crippen LogP contribution is 2.20. The van der Waals surface area contributed by atoms with Gasteiger partial charge in [-0.3, -0.25) is 19.9 Å². The van der Waals surface area contributed by atoms with Gasteiger partial charge in [0.15, 0.2) is 11.5 Å². The minimum absolute atomic E-state index is 0.0648. The minimum atomic E-state index is -0.420. The van der Waals surface area contributed by atoms with Gasteiger partial charge >= 0.3 is 0 Å². The molecule has 7 nitrogen and oxygen atoms in total. The highest BCUT2D eigenvalue weighted by molar-refractivity contribution is 6.02. The number of hydrogen-bond acceptors (Lipinski definition) is 4. The molecule has 3 rings (SSSR count). The molecule has 0 saturated carbocycles. The summed E-state index contributed by atoms with van der Waals surface area (Å²) in [5.41, 5.74) is 1.51. The van der Waals surface area contributed by atoms with Crippen LogP contribution in [0, 0.1) is 5.82 Å². The summed E-state index contributed by atoms with van der Waals surface area (Å²) in [6.07, 6.45) is 0. The Labute approximate surface area is 137 Å². The Morgan fingerprint density at radius 3 is 2.75 bits per heavy atom. The van der Waals surface area contributed by atoms with Gasteiger partial charge in [0.1, 0.15) is 5.82 Å². The summed E-state index contributed by atoms with van der Waals surface area (Å²) in [5, 5.41) is 13.2. The number of rotatable bonds is 4. The Bertz CT molecular complexity index is 882. The normalized spacial score (nSPS) is 11.0. The van der Waals surface area contributed by atoms with Crippen LogP contribution in [0.25, 0.3) is 11.4 Å². The number of nitrogens with zero attached hydrogens (tertiary/aromatic N) is 4. The zero-order valence-electron chi connectivity index (χ0n) is 13.5. The molecule has 8 heteroatoms. The predicted octanol–water partition coefficient (Wildman–Crippen LogP) is 2.72. The summed E-state index contributed by atoms with van der Waals surface area (Å²) in [6.45, 7) is 4.04. The molecule has 0 bridgehead atoms. The van der Waals surface area contributed by atoms with E-state index in [0.717, 1.165) is 5.69 Å². The van der Waals surface area contributed by atoms with Gasteiger partial charge in [-0.05, 0) is 24.1 Å². The van der Waals surface area contributed by atoms with Gasteiger partial charge in [-0.15, -0.1) is 5.10 Å². The average molecular weight is 328 g/mol. The highest BCUT2D eigenvalue weighted by atomic mass is 19.1. The number of anilines is 1. The fourth-order valence-corrected chi connectivity index (χ4v) is 2.39. The summed E-state index contributed by atoms with van der Waals surface area (Å²) in [7, 11) is 1.79. The summed E-state index contributed by atoms with van der Waals surface area (Å²) in [6, 6.07) is 7.92. The smallest absolute Gasteiger partial charge is 0.278 e. The van der Waals surface area contributed by atoms with Gasteiger partial charge in [-0.2, -0.15) is 10.1 Å². The second kappa shape index (κ2) is 6.23. The van der Waals surface area contributed by atoms with Crippen LogP contribution in [0.2, 0.25) is 0 Å². The van der Waals surface area contributed by atoms with Crippen LogP contribution in [-0.4, -0.2) is 30.9 Å². The molecule has 0 fully saturated rings. The van der Waals surface area contributed by atoms with Crippen molar-refractivity contribution < 1.29 is 9.18 Å². The van der Waals surface area contributed by atoms with Crippen LogP contribution in [0.3, 0.4) is 0 Å². The van der Waals surface area contributed by atoms with Crippen LogP contribution in [0.15, 0.2) is 30.3 Å². The monoisotopic (exact) mass is 328 g/mol. The summed E-state index contributed by atoms with van der Waals surface area (Å²) in [5.74, 6) is -0.281. The average Bonchev–Trinajstić information content (AvgIpc) is 3.14. The van der Waals surface area contributed by atoms with Crippen LogP contribution in [0.1, 0.15) is 35.9 Å². The molecule has 0 atom stereocenters. The lowest BCUT2D eigenvalue weighted by Crippen LogP contribution is -2.14. The number of H-pyrrole nitrogens is 1. The quantitative estimate of drug-likeness (QED) is 0.771. The van der Waals surface area contributed by atoms with Crippen molar-refractivity contribution in [1.29, 1.82) is 0 Å². The zero-order chi connectivity index (χ0) is 17.3. The van der Waals surface area contributed by atoms with Crippen LogP contribution in [0.4, 0.5) is 10.3 Å². The van der Waals surface area contributed by atoms with Gasteiger partial charge < -0.3 is 0 Å². The number of amides is 1. The molecule has 24 heavy (non-hydrogen) atoms. The Morgan fingerprint density at radius 2 is 2.08 bits per heavy atom. The highest BCUT2D eigenvalue weighted by Gasteiger charge is 2.17. The van der Waals surface area contributed by atoms with E-state index in [1.165, 1.54) is 6.07 Å². The van der Waals surface area contributed by atoms with E-state index in [0.29, 0.717) is 0 Å². The molecule has 0 spiro atoms. The van der Waals surface area contributed by atoms with Crippen molar-refractivity contribution in [2.24, 2.45) is 7.05 Å². The lowest BCUT2D eigenvalue weighted by Gasteiger charge is -2.02. The molecule has 2 heterocycles. The zero-order valence-corrected chi connectivity index (χ0v) is 13.5. The van der Waals surface area contributed by atoms with E-state index in [4.69, 9.17) is 0 Å². The molecule has 3 aromatic rings. The van der Waals surface area contributed by atoms with Gasteiger partial charge in [0, 0.05) is 12.7 Å². The molecule has 2 N–H and O–H groups in total. The van der Waals surface area contributed by atoms with Crippen molar-refractivity contribution in [2.45, 2.75) is 19.8 Å². The maximum absolute atomic E-state index is 13.7. The molecule has 124 valence electrons. The molecular formula is C16H17FN6O. The molecule has 0 aliphatic carbocycles. The fraction of sp³-hybridized carbons (Fsp3) is 0.250. The van der Waals surface area contributed by atoms with Crippen molar-refractivity contribution in [3.8, 4) is 11.4 Å². The maximum atomic E-state index is 13.7. The molecule has 0 aliphatic heterocycles. The minimum Gasteiger partial charge on any atom is -0.288 e. The number of carbonyl (C=O) groups excluding carboxylic acids is 1. The molecule has 0 radical (unpaired) electrons. The topological polar surface area (TPSA) is 88.5 Å². The van der Waals surface area contributed by atoms with E-state index < -0.39 is 11.7 Å². The van der Waals surface area contributed by atoms with E-state index in [1.54, 1.807) is 36.0 Å². The van der Waals surface area contributed by atoms with Crippen molar-refractivity contribution in [1.82, 2.24) is 25.0 Å². The van der Waals surface area contributed by atoms with E-state index in [9.17, 15) is 9.18 Å². The number of nitrogens with one attached hydrogen (secondary N) is 2. The van der Waals surface area contributed by atoms with Crippen LogP contribution >= 0.6 is 0 Å². The van der Waals surface area contributed by atoms with Crippen molar-refractivity contribution >= 4 is 11.9 Å². The molecule has 0 unspecified atom stereocenters. The lowest BCUT2D eigenvalue weighted by molar-refractivity contribution is 0.102. The molecule has 0 aliphatic rings. The number of benzene rings is 1. The third kappa shape index (κ3) is 3.03. The number of hydrogen-bond donors (Lipinski definition) is 2. The van der Waals surface area contributed by atoms with E-state index >= 15 is 0 Å². The van der Waals surface area contributed by atoms with Crippen LogP contribution in [0.5, 0.6) is 0 Å². The number of aromatic nitrogens is 5. The Balaban J connectivity index is 1.79. The number of aryl methyl sites for hydroxylation is 1. The predicted molar refractivity (Wildman–Crippen MR) is 87.0 cm³/mol. The lowest BCUT2D eigenvalue weighted by atomic mass is 10.1. The SMILES string of the molecule is CC(C)c1cc(C(=O)Nc2n[nH]c(-c3ccccc3F)n2)nn1C. The van der Waals surface area contributed by atoms with E-state index in [2.05, 4.69) is 25.6 Å². The van der Waals surface area contributed by atoms with Crippen molar-refractivity contribution in [2.75, 3.05) is 5.32 Å². The second-order valence-corrected chi connectivity index (χ2v) is 5.67. The molecule has 2 aromatic heterocycles. The number of aromatic amines is 1.